The number of rotatable bonds is 13. The minimum Gasteiger partial charge on any atom is -0.511 e. The number of hydrogen-bond acceptors (Lipinski definition) is 18. The van der Waals surface area contributed by atoms with Crippen LogP contribution in [0.15, 0.2) is 88.5 Å². The molecule has 3 aliphatic heterocycles. The molecule has 2 N–H and O–H groups in total. The summed E-state index contributed by atoms with van der Waals surface area (Å²) in [6.07, 6.45) is 12.6. The van der Waals surface area contributed by atoms with Crippen molar-refractivity contribution >= 4 is 58.9 Å². The summed E-state index contributed by atoms with van der Waals surface area (Å²) in [4.78, 5) is 112. The van der Waals surface area contributed by atoms with Crippen molar-refractivity contribution < 1.29 is 81.5 Å². The molecule has 0 amide bonds. The summed E-state index contributed by atoms with van der Waals surface area (Å²) in [6, 6.07) is 18.2. The number of dihydropyridines is 1. The number of carbonyl (C=O) groups excluding carboxylic acids is 10. The van der Waals surface area contributed by atoms with Gasteiger partial charge in [0.05, 0.1) is 12.0 Å². The number of cyclic esters (lactones) is 4. The highest BCUT2D eigenvalue weighted by Crippen LogP contribution is 2.47. The lowest BCUT2D eigenvalue weighted by Gasteiger charge is -2.40. The zero-order valence-electron chi connectivity index (χ0n) is 45.2. The lowest BCUT2D eigenvalue weighted by molar-refractivity contribution is -0.231. The Morgan fingerprint density at radius 2 is 1.18 bits per heavy atom. The molecule has 1 atom stereocenters. The van der Waals surface area contributed by atoms with Crippen LogP contribution in [0.3, 0.4) is 0 Å². The van der Waals surface area contributed by atoms with E-state index in [4.69, 9.17) is 27.1 Å². The van der Waals surface area contributed by atoms with Gasteiger partial charge in [-0.15, -0.1) is 12.8 Å². The molecule has 18 heteroatoms. The van der Waals surface area contributed by atoms with Gasteiger partial charge < -0.3 is 38.8 Å². The molecule has 4 aliphatic rings. The van der Waals surface area contributed by atoms with Gasteiger partial charge in [0.2, 0.25) is 0 Å². The predicted octanol–water partition coefficient (Wildman–Crippen LogP) is 8.26. The van der Waals surface area contributed by atoms with Crippen molar-refractivity contribution in [1.82, 2.24) is 5.32 Å². The summed E-state index contributed by atoms with van der Waals surface area (Å²) in [6.45, 7) is 18.4. The highest BCUT2D eigenvalue weighted by molar-refractivity contribution is 6.15. The summed E-state index contributed by atoms with van der Waals surface area (Å²) in [5, 5.41) is 12.7. The van der Waals surface area contributed by atoms with Crippen molar-refractivity contribution in [3.8, 4) is 35.8 Å². The van der Waals surface area contributed by atoms with Crippen LogP contribution >= 0.6 is 0 Å². The second kappa shape index (κ2) is 29.7. The fraction of sp³-hybridized carbons (Fsp3) is 0.448. The lowest BCUT2D eigenvalue weighted by Crippen LogP contribution is -2.42. The van der Waals surface area contributed by atoms with Gasteiger partial charge in [-0.25, -0.2) is 14.4 Å². The Labute approximate surface area is 444 Å². The molecule has 0 bridgehead atoms. The van der Waals surface area contributed by atoms with E-state index in [0.717, 1.165) is 34.5 Å². The van der Waals surface area contributed by atoms with Gasteiger partial charge in [0.25, 0.3) is 11.6 Å². The average Bonchev–Trinajstić information content (AvgIpc) is 3.33. The van der Waals surface area contributed by atoms with Gasteiger partial charge in [-0.05, 0) is 41.9 Å². The summed E-state index contributed by atoms with van der Waals surface area (Å²) in [5.74, 6) is -2.46. The summed E-state index contributed by atoms with van der Waals surface area (Å²) >= 11 is 0. The van der Waals surface area contributed by atoms with Gasteiger partial charge in [-0.3, -0.25) is 33.6 Å². The van der Waals surface area contributed by atoms with E-state index >= 15 is 0 Å². The monoisotopic (exact) mass is 1050 g/mol. The van der Waals surface area contributed by atoms with E-state index < -0.39 is 58.9 Å². The second-order valence-electron chi connectivity index (χ2n) is 19.0. The molecule has 2 aromatic rings. The lowest BCUT2D eigenvalue weighted by atomic mass is 9.68. The number of nitrogens with one attached hydrogen (secondary N) is 1. The highest BCUT2D eigenvalue weighted by Gasteiger charge is 2.44. The SMILES string of the molecule is C#CCOC(=O)C1=C(CC)NC2=C(C(=O)CC(C)(C)C2)C1c1ccc(-c2ccccc2)cc1.C#CCOC(=O)CC(=O)CC.CC1(C)OC(=O)CC(=O)O1.CCC(=O)CC(C)=O.CCC(O)=C1C(=O)OC(C)(C)OC1=O. The number of hydrogen-bond donors (Lipinski definition) is 2. The topological polar surface area (TPSA) is 258 Å². The maximum Gasteiger partial charge on any atom is 0.352 e. The van der Waals surface area contributed by atoms with Crippen molar-refractivity contribution in [2.75, 3.05) is 13.2 Å². The van der Waals surface area contributed by atoms with Crippen molar-refractivity contribution in [2.45, 2.75) is 151 Å². The zero-order valence-corrected chi connectivity index (χ0v) is 45.2. The molecule has 2 saturated heterocycles. The average molecular weight is 1050 g/mol. The van der Waals surface area contributed by atoms with Crippen LogP contribution in [-0.4, -0.2) is 88.8 Å². The van der Waals surface area contributed by atoms with E-state index in [1.54, 1.807) is 20.8 Å². The molecule has 6 rings (SSSR count). The maximum absolute atomic E-state index is 13.4. The van der Waals surface area contributed by atoms with Crippen molar-refractivity contribution in [2.24, 2.45) is 5.41 Å². The van der Waals surface area contributed by atoms with E-state index in [2.05, 4.69) is 57.3 Å². The number of aliphatic hydroxyl groups excluding tert-OH is 1. The Balaban J connectivity index is 0.000000378. The Morgan fingerprint density at radius 3 is 1.64 bits per heavy atom. The Morgan fingerprint density at radius 1 is 0.684 bits per heavy atom. The van der Waals surface area contributed by atoms with Gasteiger partial charge in [0.1, 0.15) is 36.0 Å². The molecule has 1 unspecified atom stereocenters. The summed E-state index contributed by atoms with van der Waals surface area (Å²) in [7, 11) is 0. The van der Waals surface area contributed by atoms with E-state index in [-0.39, 0.29) is 73.2 Å². The predicted molar refractivity (Wildman–Crippen MR) is 277 cm³/mol. The fourth-order valence-corrected chi connectivity index (χ4v) is 7.57. The van der Waals surface area contributed by atoms with Crippen LogP contribution in [0.1, 0.15) is 145 Å². The van der Waals surface area contributed by atoms with Crippen LogP contribution in [0.25, 0.3) is 11.1 Å². The number of allylic oxidation sites excluding steroid dienone is 4. The van der Waals surface area contributed by atoms with Crippen molar-refractivity contribution in [3.05, 3.63) is 94.0 Å². The van der Waals surface area contributed by atoms with Crippen LogP contribution in [0.2, 0.25) is 0 Å². The minimum absolute atomic E-state index is 0.0255. The number of carbonyl (C=O) groups is 10. The van der Waals surface area contributed by atoms with Crippen LogP contribution in [-0.2, 0) is 76.4 Å². The molecule has 0 aromatic heterocycles. The quantitative estimate of drug-likeness (QED) is 0.0364. The molecule has 0 saturated carbocycles. The molecule has 2 fully saturated rings. The normalized spacial score (nSPS) is 17.4. The van der Waals surface area contributed by atoms with E-state index in [1.165, 1.54) is 34.6 Å². The number of esters is 6. The summed E-state index contributed by atoms with van der Waals surface area (Å²) in [5.41, 5.74) is 5.40. The van der Waals surface area contributed by atoms with E-state index in [0.29, 0.717) is 36.8 Å². The third-order valence-corrected chi connectivity index (χ3v) is 10.9. The fourth-order valence-electron chi connectivity index (χ4n) is 7.57. The molecule has 0 spiro atoms. The first-order valence-corrected chi connectivity index (χ1v) is 24.5. The maximum atomic E-state index is 13.4. The summed E-state index contributed by atoms with van der Waals surface area (Å²) < 4.78 is 28.7. The van der Waals surface area contributed by atoms with E-state index in [1.807, 2.05) is 49.4 Å². The largest absolute Gasteiger partial charge is 0.511 e. The first kappa shape index (κ1) is 64.0. The molecule has 0 radical (unpaired) electrons. The van der Waals surface area contributed by atoms with Crippen LogP contribution in [0, 0.1) is 30.1 Å². The molecule has 2 aromatic carbocycles. The molecule has 408 valence electrons. The Hall–Kier alpha value is -8.12. The van der Waals surface area contributed by atoms with Crippen LogP contribution in [0.5, 0.6) is 0 Å². The Bertz CT molecular complexity index is 2650. The van der Waals surface area contributed by atoms with Crippen LogP contribution in [0.4, 0.5) is 0 Å². The van der Waals surface area contributed by atoms with Crippen molar-refractivity contribution in [3.63, 3.8) is 0 Å². The van der Waals surface area contributed by atoms with Crippen molar-refractivity contribution in [1.29, 1.82) is 0 Å². The number of benzene rings is 2. The van der Waals surface area contributed by atoms with Gasteiger partial charge in [-0.1, -0.05) is 108 Å². The molecular formula is C58H69NO17. The standard InChI is InChI=1S/C29H29NO3.C9H12O5.C8H10O3.C6H8O4.C6H10O2/c1-5-16-33-28(32)27-22(6-2)30-23-17-29(3,4)18-24(31)26(23)25(27)21-14-12-20(13-15-21)19-10-8-7-9-11-19;1-4-5(10)6-7(11)13-9(2,3)14-8(6)12;1-3-5-11-8(10)6-7(9)4-2;1-6(2)9-4(7)3-5(8)10-6;1-3-6(8)4-5(2)7/h1,7-15,25,30H,6,16-18H2,2-4H3;10H,4H2,1-3H3;1H,4-6H2,2H3;3H2,1-2H3;3-4H2,1-2H3. The molecular weight excluding hydrogens is 983 g/mol. The molecule has 1 aliphatic carbocycles. The Kier molecular flexibility index (Phi) is 25.0. The first-order valence-electron chi connectivity index (χ1n) is 24.5. The number of terminal acetylenes is 2. The smallest absolute Gasteiger partial charge is 0.352 e. The zero-order chi connectivity index (χ0) is 57.6. The third kappa shape index (κ3) is 20.7. The van der Waals surface area contributed by atoms with E-state index in [9.17, 15) is 53.1 Å². The van der Waals surface area contributed by atoms with Gasteiger partial charge >= 0.3 is 35.8 Å². The van der Waals surface area contributed by atoms with Gasteiger partial charge in [-0.2, -0.15) is 0 Å². The third-order valence-electron chi connectivity index (χ3n) is 10.9. The number of aliphatic hydroxyl groups is 1. The van der Waals surface area contributed by atoms with Gasteiger partial charge in [0, 0.05) is 76.3 Å². The van der Waals surface area contributed by atoms with Gasteiger partial charge in [0.15, 0.2) is 24.6 Å². The number of Topliss-reactive ketones (excluding diaryl/α,β-unsaturated/α-hetero) is 4. The molecule has 3 heterocycles. The number of ether oxygens (including phenoxy) is 6. The second-order valence-corrected chi connectivity index (χ2v) is 19.0. The first-order chi connectivity index (χ1) is 35.6. The van der Waals surface area contributed by atoms with Crippen LogP contribution < -0.4 is 5.32 Å². The minimum atomic E-state index is -1.26. The molecule has 76 heavy (non-hydrogen) atoms. The molecule has 18 nitrogen and oxygen atoms in total. The highest BCUT2D eigenvalue weighted by atomic mass is 16.7. The number of ketones is 4.